The zero-order chi connectivity index (χ0) is 22.4. The van der Waals surface area contributed by atoms with E-state index in [2.05, 4.69) is 15.9 Å². The van der Waals surface area contributed by atoms with Crippen LogP contribution in [0, 0.1) is 0 Å². The Morgan fingerprint density at radius 2 is 1.65 bits per heavy atom. The molecule has 2 aromatic carbocycles. The van der Waals surface area contributed by atoms with Gasteiger partial charge in [-0.15, -0.1) is 0 Å². The molecule has 0 aromatic heterocycles. The molecule has 1 aliphatic heterocycles. The Bertz CT molecular complexity index is 1040. The van der Waals surface area contributed by atoms with Crippen LogP contribution in [0.4, 0.5) is 0 Å². The van der Waals surface area contributed by atoms with Gasteiger partial charge in [-0.2, -0.15) is 4.31 Å². The number of Topliss-reactive ketones (excluding diaryl/α,β-unsaturated/α-hetero) is 1. The third-order valence-corrected chi connectivity index (χ3v) is 7.52. The standard InChI is InChI=1S/C22H24BrNO6S/c1-29-21-11-10-18(31(27,28)24-12-4-2-3-5-13-24)14-19(21)22(26)30-15-20(25)16-6-8-17(23)9-7-16/h6-11,14H,2-5,12-13,15H2,1H3. The van der Waals surface area contributed by atoms with E-state index in [9.17, 15) is 18.0 Å². The van der Waals surface area contributed by atoms with Crippen LogP contribution in [0.2, 0.25) is 0 Å². The Balaban J connectivity index is 1.78. The molecule has 0 aliphatic carbocycles. The largest absolute Gasteiger partial charge is 0.496 e. The van der Waals surface area contributed by atoms with Gasteiger partial charge in [0.1, 0.15) is 11.3 Å². The average Bonchev–Trinajstić information content (AvgIpc) is 3.07. The Morgan fingerprint density at radius 1 is 1.00 bits per heavy atom. The number of carbonyl (C=O) groups is 2. The number of ketones is 1. The molecular formula is C22H24BrNO6S. The molecule has 0 unspecified atom stereocenters. The van der Waals surface area contributed by atoms with Crippen LogP contribution >= 0.6 is 15.9 Å². The molecule has 3 rings (SSSR count). The second kappa shape index (κ2) is 10.4. The lowest BCUT2D eigenvalue weighted by molar-refractivity contribution is 0.0471. The summed E-state index contributed by atoms with van der Waals surface area (Å²) in [6, 6.07) is 10.8. The first-order valence-electron chi connectivity index (χ1n) is 9.97. The number of esters is 1. The molecule has 2 aromatic rings. The van der Waals surface area contributed by atoms with Crippen molar-refractivity contribution in [3.63, 3.8) is 0 Å². The predicted molar refractivity (Wildman–Crippen MR) is 119 cm³/mol. The molecule has 1 heterocycles. The number of hydrogen-bond acceptors (Lipinski definition) is 6. The quantitative estimate of drug-likeness (QED) is 0.412. The van der Waals surface area contributed by atoms with Crippen molar-refractivity contribution in [1.29, 1.82) is 0 Å². The van der Waals surface area contributed by atoms with Crippen molar-refractivity contribution in [1.82, 2.24) is 4.31 Å². The van der Waals surface area contributed by atoms with Gasteiger partial charge in [-0.1, -0.05) is 40.9 Å². The number of carbonyl (C=O) groups excluding carboxylic acids is 2. The number of benzene rings is 2. The fraction of sp³-hybridized carbons (Fsp3) is 0.364. The van der Waals surface area contributed by atoms with E-state index >= 15 is 0 Å². The van der Waals surface area contributed by atoms with Gasteiger partial charge in [0.25, 0.3) is 0 Å². The van der Waals surface area contributed by atoms with Gasteiger partial charge in [0.2, 0.25) is 10.0 Å². The highest BCUT2D eigenvalue weighted by atomic mass is 79.9. The predicted octanol–water partition coefficient (Wildman–Crippen LogP) is 4.06. The van der Waals surface area contributed by atoms with Gasteiger partial charge in [0, 0.05) is 23.1 Å². The lowest BCUT2D eigenvalue weighted by Gasteiger charge is -2.20. The molecule has 0 N–H and O–H groups in total. The molecule has 0 saturated carbocycles. The zero-order valence-corrected chi connectivity index (χ0v) is 19.6. The monoisotopic (exact) mass is 509 g/mol. The Kier molecular flexibility index (Phi) is 7.85. The minimum absolute atomic E-state index is 0.00128. The number of hydrogen-bond donors (Lipinski definition) is 0. The summed E-state index contributed by atoms with van der Waals surface area (Å²) < 4.78 is 38.8. The summed E-state index contributed by atoms with van der Waals surface area (Å²) in [5, 5.41) is 0. The molecule has 1 fully saturated rings. The molecule has 1 saturated heterocycles. The summed E-state index contributed by atoms with van der Waals surface area (Å²) in [4.78, 5) is 24.9. The van der Waals surface area contributed by atoms with Crippen molar-refractivity contribution in [2.24, 2.45) is 0 Å². The maximum atomic E-state index is 13.1. The van der Waals surface area contributed by atoms with Crippen LogP contribution in [-0.2, 0) is 14.8 Å². The molecular weight excluding hydrogens is 486 g/mol. The highest BCUT2D eigenvalue weighted by molar-refractivity contribution is 9.10. The Labute approximate surface area is 190 Å². The van der Waals surface area contributed by atoms with E-state index in [1.165, 1.54) is 29.6 Å². The Hall–Kier alpha value is -2.23. The van der Waals surface area contributed by atoms with E-state index in [0.717, 1.165) is 30.2 Å². The molecule has 7 nitrogen and oxygen atoms in total. The molecule has 1 aliphatic rings. The molecule has 0 spiro atoms. The fourth-order valence-electron chi connectivity index (χ4n) is 3.37. The lowest BCUT2D eigenvalue weighted by atomic mass is 10.1. The van der Waals surface area contributed by atoms with Gasteiger partial charge in [0.05, 0.1) is 12.0 Å². The lowest BCUT2D eigenvalue weighted by Crippen LogP contribution is -2.32. The molecule has 166 valence electrons. The topological polar surface area (TPSA) is 90.0 Å². The molecule has 31 heavy (non-hydrogen) atoms. The summed E-state index contributed by atoms with van der Waals surface area (Å²) in [7, 11) is -2.37. The van der Waals surface area contributed by atoms with Crippen LogP contribution in [0.1, 0.15) is 46.4 Å². The van der Waals surface area contributed by atoms with E-state index in [0.29, 0.717) is 18.7 Å². The van der Waals surface area contributed by atoms with Crippen LogP contribution in [-0.4, -0.2) is 51.3 Å². The number of nitrogens with zero attached hydrogens (tertiary/aromatic N) is 1. The van der Waals surface area contributed by atoms with Crippen LogP contribution in [0.3, 0.4) is 0 Å². The summed E-state index contributed by atoms with van der Waals surface area (Å²) in [6.07, 6.45) is 3.61. The van der Waals surface area contributed by atoms with Crippen molar-refractivity contribution in [2.45, 2.75) is 30.6 Å². The summed E-state index contributed by atoms with van der Waals surface area (Å²) in [5.41, 5.74) is 0.363. The first-order valence-corrected chi connectivity index (χ1v) is 12.2. The van der Waals surface area contributed by atoms with Gasteiger partial charge in [0.15, 0.2) is 12.4 Å². The zero-order valence-electron chi connectivity index (χ0n) is 17.2. The molecule has 9 heteroatoms. The Morgan fingerprint density at radius 3 is 2.26 bits per heavy atom. The number of rotatable bonds is 7. The van der Waals surface area contributed by atoms with E-state index in [1.54, 1.807) is 24.3 Å². The normalized spacial score (nSPS) is 15.2. The SMILES string of the molecule is COc1ccc(S(=O)(=O)N2CCCCCC2)cc1C(=O)OCC(=O)c1ccc(Br)cc1. The van der Waals surface area contributed by atoms with Gasteiger partial charge >= 0.3 is 5.97 Å². The van der Waals surface area contributed by atoms with Crippen molar-refractivity contribution in [2.75, 3.05) is 26.8 Å². The van der Waals surface area contributed by atoms with Crippen LogP contribution in [0.25, 0.3) is 0 Å². The number of ether oxygens (including phenoxy) is 2. The first-order chi connectivity index (χ1) is 14.8. The van der Waals surface area contributed by atoms with E-state index < -0.39 is 22.6 Å². The molecule has 0 bridgehead atoms. The first kappa shape index (κ1) is 23.4. The number of methoxy groups -OCH3 is 1. The summed E-state index contributed by atoms with van der Waals surface area (Å²) in [5.74, 6) is -1.01. The summed E-state index contributed by atoms with van der Waals surface area (Å²) >= 11 is 3.30. The molecule has 0 amide bonds. The smallest absolute Gasteiger partial charge is 0.342 e. The second-order valence-corrected chi connectivity index (χ2v) is 10.0. The maximum Gasteiger partial charge on any atom is 0.342 e. The van der Waals surface area contributed by atoms with Gasteiger partial charge in [-0.3, -0.25) is 4.79 Å². The van der Waals surface area contributed by atoms with E-state index in [1.807, 2.05) is 0 Å². The third-order valence-electron chi connectivity index (χ3n) is 5.09. The van der Waals surface area contributed by atoms with Gasteiger partial charge in [-0.25, -0.2) is 13.2 Å². The van der Waals surface area contributed by atoms with Crippen LogP contribution in [0.5, 0.6) is 5.75 Å². The average molecular weight is 510 g/mol. The number of halogens is 1. The van der Waals surface area contributed by atoms with E-state index in [-0.39, 0.29) is 22.0 Å². The maximum absolute atomic E-state index is 13.1. The second-order valence-electron chi connectivity index (χ2n) is 7.19. The number of sulfonamides is 1. The van der Waals surface area contributed by atoms with E-state index in [4.69, 9.17) is 9.47 Å². The summed E-state index contributed by atoms with van der Waals surface area (Å²) in [6.45, 7) is 0.443. The third kappa shape index (κ3) is 5.72. The van der Waals surface area contributed by atoms with Gasteiger partial charge in [-0.05, 0) is 43.2 Å². The van der Waals surface area contributed by atoms with Gasteiger partial charge < -0.3 is 9.47 Å². The molecule has 0 radical (unpaired) electrons. The highest BCUT2D eigenvalue weighted by Gasteiger charge is 2.27. The van der Waals surface area contributed by atoms with Crippen molar-refractivity contribution >= 4 is 37.7 Å². The van der Waals surface area contributed by atoms with Crippen LogP contribution in [0.15, 0.2) is 51.8 Å². The van der Waals surface area contributed by atoms with Crippen molar-refractivity contribution in [3.05, 3.63) is 58.1 Å². The fourth-order valence-corrected chi connectivity index (χ4v) is 5.17. The van der Waals surface area contributed by atoms with Crippen molar-refractivity contribution < 1.29 is 27.5 Å². The minimum atomic E-state index is -3.75. The minimum Gasteiger partial charge on any atom is -0.496 e. The van der Waals surface area contributed by atoms with Crippen molar-refractivity contribution in [3.8, 4) is 5.75 Å². The molecule has 0 atom stereocenters. The van der Waals surface area contributed by atoms with Crippen LogP contribution < -0.4 is 4.74 Å². The highest BCUT2D eigenvalue weighted by Crippen LogP contribution is 2.27.